The Balaban J connectivity index is 1.28. The maximum atomic E-state index is 13.6. The molecule has 12 N–H and O–H groups in total. The summed E-state index contributed by atoms with van der Waals surface area (Å²) in [6.45, 7) is 1.90. The van der Waals surface area contributed by atoms with Crippen molar-refractivity contribution in [2.45, 2.75) is 548 Å². The van der Waals surface area contributed by atoms with Gasteiger partial charge in [0.1, 0.15) is 73.2 Å². The van der Waals surface area contributed by atoms with E-state index in [-0.39, 0.29) is 18.9 Å². The summed E-state index contributed by atoms with van der Waals surface area (Å²) in [5.74, 6) is -0.230. The van der Waals surface area contributed by atoms with Crippen molar-refractivity contribution < 1.29 is 89.4 Å². The van der Waals surface area contributed by atoms with Crippen LogP contribution in [0.5, 0.6) is 0 Å². The highest BCUT2D eigenvalue weighted by Crippen LogP contribution is 2.34. The first-order valence-electron chi connectivity index (χ1n) is 47.3. The monoisotopic (exact) mass is 1570 g/mol. The van der Waals surface area contributed by atoms with E-state index < -0.39 is 124 Å². The van der Waals surface area contributed by atoms with E-state index in [4.69, 9.17) is 28.4 Å². The van der Waals surface area contributed by atoms with Gasteiger partial charge in [0.25, 0.3) is 0 Å². The fourth-order valence-corrected chi connectivity index (χ4v) is 16.7. The van der Waals surface area contributed by atoms with Crippen LogP contribution in [0.15, 0.2) is 0 Å². The number of rotatable bonds is 79. The molecule has 3 aliphatic rings. The summed E-state index contributed by atoms with van der Waals surface area (Å²) >= 11 is 0. The summed E-state index contributed by atoms with van der Waals surface area (Å²) < 4.78 is 34.6. The largest absolute Gasteiger partial charge is 0.394 e. The summed E-state index contributed by atoms with van der Waals surface area (Å²) in [5, 5.41) is 121. The van der Waals surface area contributed by atoms with Crippen molar-refractivity contribution in [3.8, 4) is 0 Å². The molecule has 0 aromatic heterocycles. The molecule has 17 unspecified atom stereocenters. The van der Waals surface area contributed by atoms with Crippen molar-refractivity contribution in [2.24, 2.45) is 0 Å². The zero-order valence-corrected chi connectivity index (χ0v) is 70.8. The lowest BCUT2D eigenvalue weighted by Crippen LogP contribution is -2.66. The van der Waals surface area contributed by atoms with Crippen molar-refractivity contribution in [1.29, 1.82) is 0 Å². The molecule has 0 radical (unpaired) electrons. The molecule has 110 heavy (non-hydrogen) atoms. The molecular weight excluding hydrogens is 1390 g/mol. The molecule has 3 saturated heterocycles. The zero-order valence-electron chi connectivity index (χ0n) is 70.8. The summed E-state index contributed by atoms with van der Waals surface area (Å²) in [7, 11) is 0. The van der Waals surface area contributed by atoms with Crippen LogP contribution in [0.2, 0.25) is 0 Å². The number of unbranched alkanes of at least 4 members (excludes halogenated alkanes) is 63. The van der Waals surface area contributed by atoms with Crippen molar-refractivity contribution >= 4 is 5.91 Å². The van der Waals surface area contributed by atoms with Crippen molar-refractivity contribution in [3.63, 3.8) is 0 Å². The van der Waals surface area contributed by atoms with Crippen LogP contribution in [0.4, 0.5) is 0 Å². The Hall–Kier alpha value is -1.21. The Morgan fingerprint density at radius 2 is 0.518 bits per heavy atom. The molecule has 0 aromatic carbocycles. The van der Waals surface area contributed by atoms with Crippen LogP contribution in [-0.2, 0) is 33.2 Å². The van der Waals surface area contributed by atoms with Gasteiger partial charge in [0.05, 0.1) is 38.6 Å². The number of carbonyl (C=O) groups is 1. The molecule has 3 aliphatic heterocycles. The predicted molar refractivity (Wildman–Crippen MR) is 444 cm³/mol. The number of ether oxygens (including phenoxy) is 6. The number of hydrogen-bond acceptors (Lipinski definition) is 18. The van der Waals surface area contributed by atoms with Gasteiger partial charge >= 0.3 is 0 Å². The third-order valence-corrected chi connectivity index (χ3v) is 24.2. The normalized spacial score (nSPS) is 25.0. The highest BCUT2D eigenvalue weighted by atomic mass is 16.8. The van der Waals surface area contributed by atoms with Gasteiger partial charge in [-0.2, -0.15) is 0 Å². The zero-order chi connectivity index (χ0) is 79.5. The lowest BCUT2D eigenvalue weighted by atomic mass is 9.96. The van der Waals surface area contributed by atoms with Gasteiger partial charge in [0.15, 0.2) is 18.9 Å². The SMILES string of the molecule is CCCCCCCCCCCCCCCCCCCCCCCCCCCCCCCCCCCCCCCCCC(=O)NC(COC1OC(CO)C(OC2OC(CO)C(OC3OC(CO)C(O)C(O)C3O)C(O)C2O)C(O)C1O)C(O)CCCCCCCCCCCCCCCCCCCCCCCCCCCC. The van der Waals surface area contributed by atoms with E-state index in [0.717, 1.165) is 44.9 Å². The topological polar surface area (TPSA) is 307 Å². The van der Waals surface area contributed by atoms with E-state index in [0.29, 0.717) is 12.8 Å². The van der Waals surface area contributed by atoms with E-state index in [9.17, 15) is 61.0 Å². The standard InChI is InChI=1S/C91H177NO18/c1-3-5-7-9-11-13-15-17-19-21-23-25-27-29-31-32-33-34-35-36-37-38-39-40-41-42-43-45-47-49-51-53-55-57-59-61-63-65-67-69-79(97)92-74(75(96)68-66-64-62-60-58-56-54-52-50-48-46-44-30-28-26-24-22-20-18-16-14-12-10-8-6-4-2)73-105-89-85(103)82(100)87(77(71-94)107-89)110-91-86(104)83(101)88(78(72-95)108-91)109-90-84(102)81(99)80(98)76(70-93)106-90/h74-78,80-91,93-96,98-104H,3-73H2,1-2H3,(H,92,97). The van der Waals surface area contributed by atoms with E-state index in [1.807, 2.05) is 0 Å². The third kappa shape index (κ3) is 49.9. The molecule has 0 aliphatic carbocycles. The maximum absolute atomic E-state index is 13.6. The van der Waals surface area contributed by atoms with E-state index >= 15 is 0 Å². The van der Waals surface area contributed by atoms with Gasteiger partial charge in [0.2, 0.25) is 5.91 Å². The van der Waals surface area contributed by atoms with Gasteiger partial charge in [-0.3, -0.25) is 4.79 Å². The van der Waals surface area contributed by atoms with Crippen LogP contribution in [0.3, 0.4) is 0 Å². The second kappa shape index (κ2) is 71.9. The summed E-state index contributed by atoms with van der Waals surface area (Å²) in [6, 6.07) is -0.885. The van der Waals surface area contributed by atoms with Crippen LogP contribution in [0.25, 0.3) is 0 Å². The van der Waals surface area contributed by atoms with Gasteiger partial charge in [-0.05, 0) is 12.8 Å². The number of amides is 1. The van der Waals surface area contributed by atoms with Crippen LogP contribution < -0.4 is 5.32 Å². The molecule has 654 valence electrons. The molecule has 3 heterocycles. The third-order valence-electron chi connectivity index (χ3n) is 24.2. The number of aliphatic hydroxyl groups is 11. The average Bonchev–Trinajstić information content (AvgIpc) is 0.780. The molecule has 17 atom stereocenters. The smallest absolute Gasteiger partial charge is 0.220 e. The Morgan fingerprint density at radius 3 is 0.791 bits per heavy atom. The van der Waals surface area contributed by atoms with Crippen LogP contribution in [0, 0.1) is 0 Å². The first-order valence-corrected chi connectivity index (χ1v) is 47.3. The van der Waals surface area contributed by atoms with Gasteiger partial charge in [-0.15, -0.1) is 0 Å². The first kappa shape index (κ1) is 103. The Bertz CT molecular complexity index is 1980. The van der Waals surface area contributed by atoms with Gasteiger partial charge in [0, 0.05) is 6.42 Å². The molecular formula is C91H177NO18. The minimum Gasteiger partial charge on any atom is -0.394 e. The number of hydrogen-bond donors (Lipinski definition) is 12. The average molecular weight is 1570 g/mol. The number of aliphatic hydroxyl groups excluding tert-OH is 11. The van der Waals surface area contributed by atoms with E-state index in [1.54, 1.807) is 0 Å². The Kier molecular flexibility index (Phi) is 67.3. The highest BCUT2D eigenvalue weighted by Gasteiger charge is 2.54. The van der Waals surface area contributed by atoms with E-state index in [2.05, 4.69) is 19.2 Å². The molecule has 0 spiro atoms. The van der Waals surface area contributed by atoms with Gasteiger partial charge in [-0.25, -0.2) is 0 Å². The molecule has 0 saturated carbocycles. The molecule has 1 amide bonds. The quantitative estimate of drug-likeness (QED) is 0.0252. The van der Waals surface area contributed by atoms with Crippen molar-refractivity contribution in [1.82, 2.24) is 5.32 Å². The highest BCUT2D eigenvalue weighted by molar-refractivity contribution is 5.76. The minimum absolute atomic E-state index is 0.230. The van der Waals surface area contributed by atoms with Crippen LogP contribution >= 0.6 is 0 Å². The van der Waals surface area contributed by atoms with Gasteiger partial charge < -0.3 is 89.9 Å². The molecule has 0 bridgehead atoms. The van der Waals surface area contributed by atoms with Crippen LogP contribution in [0.1, 0.15) is 444 Å². The second-order valence-electron chi connectivity index (χ2n) is 34.2. The molecule has 3 rings (SSSR count). The second-order valence-corrected chi connectivity index (χ2v) is 34.2. The summed E-state index contributed by atoms with van der Waals surface area (Å²) in [6.07, 6.45) is 61.0. The van der Waals surface area contributed by atoms with Crippen LogP contribution in [-0.4, -0.2) is 193 Å². The minimum atomic E-state index is -1.97. The number of nitrogens with one attached hydrogen (secondary N) is 1. The van der Waals surface area contributed by atoms with Crippen molar-refractivity contribution in [3.05, 3.63) is 0 Å². The summed E-state index contributed by atoms with van der Waals surface area (Å²) in [5.41, 5.74) is 0. The Labute approximate surface area is 672 Å². The number of carbonyl (C=O) groups excluding carboxylic acids is 1. The predicted octanol–water partition coefficient (Wildman–Crippen LogP) is 18.5. The molecule has 0 aromatic rings. The van der Waals surface area contributed by atoms with E-state index in [1.165, 1.54) is 366 Å². The van der Waals surface area contributed by atoms with Crippen molar-refractivity contribution in [2.75, 3.05) is 26.4 Å². The molecule has 3 fully saturated rings. The lowest BCUT2D eigenvalue weighted by Gasteiger charge is -2.48. The maximum Gasteiger partial charge on any atom is 0.220 e. The molecule has 19 heteroatoms. The Morgan fingerprint density at radius 1 is 0.291 bits per heavy atom. The van der Waals surface area contributed by atoms with Gasteiger partial charge in [-0.1, -0.05) is 425 Å². The fourth-order valence-electron chi connectivity index (χ4n) is 16.7. The molecule has 19 nitrogen and oxygen atoms in total. The first-order chi connectivity index (χ1) is 53.8. The fraction of sp³-hybridized carbons (Fsp3) is 0.989. The lowest BCUT2D eigenvalue weighted by molar-refractivity contribution is -0.379. The summed E-state index contributed by atoms with van der Waals surface area (Å²) in [4.78, 5) is 13.6.